The lowest BCUT2D eigenvalue weighted by molar-refractivity contribution is -0.114. The van der Waals surface area contributed by atoms with E-state index in [2.05, 4.69) is 15.9 Å². The molecule has 0 spiro atoms. The fourth-order valence-electron chi connectivity index (χ4n) is 2.85. The SMILES string of the molecule is Cc1cccc2c1N(CCCCOc1ccc(Br)cc1)C(=O)C2=O. The maximum Gasteiger partial charge on any atom is 0.299 e. The Bertz CT molecular complexity index is 771. The molecule has 0 unspecified atom stereocenters. The van der Waals surface area contributed by atoms with Gasteiger partial charge in [0.2, 0.25) is 0 Å². The summed E-state index contributed by atoms with van der Waals surface area (Å²) in [5, 5.41) is 0. The van der Waals surface area contributed by atoms with E-state index < -0.39 is 11.7 Å². The van der Waals surface area contributed by atoms with Crippen molar-refractivity contribution in [2.75, 3.05) is 18.1 Å². The van der Waals surface area contributed by atoms with Crippen molar-refractivity contribution >= 4 is 33.3 Å². The molecule has 5 heteroatoms. The van der Waals surface area contributed by atoms with Crippen LogP contribution in [0.3, 0.4) is 0 Å². The maximum absolute atomic E-state index is 12.2. The number of carbonyl (C=O) groups excluding carboxylic acids is 2. The monoisotopic (exact) mass is 387 g/mol. The summed E-state index contributed by atoms with van der Waals surface area (Å²) < 4.78 is 6.69. The number of anilines is 1. The molecular weight excluding hydrogens is 370 g/mol. The normalized spacial score (nSPS) is 13.3. The number of para-hydroxylation sites is 1. The van der Waals surface area contributed by atoms with Crippen LogP contribution >= 0.6 is 15.9 Å². The summed E-state index contributed by atoms with van der Waals surface area (Å²) in [6.07, 6.45) is 1.60. The number of carbonyl (C=O) groups is 2. The quantitative estimate of drug-likeness (QED) is 0.552. The summed E-state index contributed by atoms with van der Waals surface area (Å²) in [6.45, 7) is 3.04. The minimum absolute atomic E-state index is 0.403. The molecule has 24 heavy (non-hydrogen) atoms. The molecule has 2 aromatic rings. The summed E-state index contributed by atoms with van der Waals surface area (Å²) in [5.41, 5.74) is 2.24. The van der Waals surface area contributed by atoms with Crippen molar-refractivity contribution in [3.8, 4) is 5.75 Å². The van der Waals surface area contributed by atoms with E-state index >= 15 is 0 Å². The Morgan fingerprint density at radius 1 is 1.04 bits per heavy atom. The molecule has 4 nitrogen and oxygen atoms in total. The van der Waals surface area contributed by atoms with Crippen LogP contribution in [0.15, 0.2) is 46.9 Å². The summed E-state index contributed by atoms with van der Waals surface area (Å²) in [4.78, 5) is 25.8. The van der Waals surface area contributed by atoms with Gasteiger partial charge in [-0.05, 0) is 55.7 Å². The fraction of sp³-hybridized carbons (Fsp3) is 0.263. The largest absolute Gasteiger partial charge is 0.494 e. The van der Waals surface area contributed by atoms with Gasteiger partial charge in [-0.2, -0.15) is 0 Å². The van der Waals surface area contributed by atoms with Crippen LogP contribution in [0.4, 0.5) is 5.69 Å². The van der Waals surface area contributed by atoms with Gasteiger partial charge in [0.25, 0.3) is 11.7 Å². The molecule has 0 radical (unpaired) electrons. The molecule has 0 N–H and O–H groups in total. The van der Waals surface area contributed by atoms with E-state index in [1.54, 1.807) is 11.0 Å². The van der Waals surface area contributed by atoms with E-state index in [1.807, 2.05) is 43.3 Å². The Morgan fingerprint density at radius 2 is 1.79 bits per heavy atom. The van der Waals surface area contributed by atoms with Crippen LogP contribution in [0.5, 0.6) is 5.75 Å². The second-order valence-electron chi connectivity index (χ2n) is 5.77. The third kappa shape index (κ3) is 3.36. The molecule has 2 aromatic carbocycles. The van der Waals surface area contributed by atoms with Crippen LogP contribution < -0.4 is 9.64 Å². The summed E-state index contributed by atoms with van der Waals surface area (Å²) in [6, 6.07) is 13.1. The Kier molecular flexibility index (Phi) is 5.00. The van der Waals surface area contributed by atoms with Gasteiger partial charge >= 0.3 is 0 Å². The summed E-state index contributed by atoms with van der Waals surface area (Å²) in [5.74, 6) is -0.000225. The van der Waals surface area contributed by atoms with Crippen LogP contribution in [0.2, 0.25) is 0 Å². The van der Waals surface area contributed by atoms with Crippen molar-refractivity contribution in [1.29, 1.82) is 0 Å². The van der Waals surface area contributed by atoms with E-state index in [0.717, 1.165) is 34.3 Å². The van der Waals surface area contributed by atoms with Gasteiger partial charge in [0.05, 0.1) is 17.9 Å². The number of aryl methyl sites for hydroxylation is 1. The first-order valence-electron chi connectivity index (χ1n) is 7.92. The number of fused-ring (bicyclic) bond motifs is 1. The van der Waals surface area contributed by atoms with E-state index in [4.69, 9.17) is 4.74 Å². The molecular formula is C19H18BrNO3. The molecule has 3 rings (SSSR count). The Hall–Kier alpha value is -2.14. The highest BCUT2D eigenvalue weighted by Gasteiger charge is 2.36. The van der Waals surface area contributed by atoms with Gasteiger partial charge in [-0.3, -0.25) is 9.59 Å². The predicted octanol–water partition coefficient (Wildman–Crippen LogP) is 4.15. The number of rotatable bonds is 6. The van der Waals surface area contributed by atoms with E-state index in [-0.39, 0.29) is 0 Å². The number of hydrogen-bond acceptors (Lipinski definition) is 3. The van der Waals surface area contributed by atoms with E-state index in [9.17, 15) is 9.59 Å². The highest BCUT2D eigenvalue weighted by molar-refractivity contribution is 9.10. The molecule has 0 atom stereocenters. The van der Waals surface area contributed by atoms with Crippen LogP contribution in [-0.2, 0) is 4.79 Å². The fourth-order valence-corrected chi connectivity index (χ4v) is 3.11. The topological polar surface area (TPSA) is 46.6 Å². The van der Waals surface area contributed by atoms with Gasteiger partial charge in [0.1, 0.15) is 5.75 Å². The predicted molar refractivity (Wildman–Crippen MR) is 96.7 cm³/mol. The lowest BCUT2D eigenvalue weighted by atomic mass is 10.1. The zero-order valence-corrected chi connectivity index (χ0v) is 15.0. The third-order valence-electron chi connectivity index (χ3n) is 4.05. The molecule has 0 aliphatic carbocycles. The first-order chi connectivity index (χ1) is 11.6. The Morgan fingerprint density at radius 3 is 2.54 bits per heavy atom. The van der Waals surface area contributed by atoms with Crippen molar-refractivity contribution in [2.45, 2.75) is 19.8 Å². The Labute approximate surface area is 149 Å². The highest BCUT2D eigenvalue weighted by atomic mass is 79.9. The number of unbranched alkanes of at least 4 members (excludes halogenated alkanes) is 1. The molecule has 1 amide bonds. The second kappa shape index (κ2) is 7.18. The molecule has 0 bridgehead atoms. The van der Waals surface area contributed by atoms with Gasteiger partial charge in [-0.15, -0.1) is 0 Å². The molecule has 0 saturated heterocycles. The van der Waals surface area contributed by atoms with E-state index in [1.165, 1.54) is 0 Å². The molecule has 1 aliphatic heterocycles. The smallest absolute Gasteiger partial charge is 0.299 e. The number of ketones is 1. The number of halogens is 1. The number of Topliss-reactive ketones (excluding diaryl/α,β-unsaturated/α-hetero) is 1. The average Bonchev–Trinajstić information content (AvgIpc) is 2.82. The maximum atomic E-state index is 12.2. The van der Waals surface area contributed by atoms with Gasteiger partial charge in [-0.25, -0.2) is 0 Å². The zero-order valence-electron chi connectivity index (χ0n) is 13.4. The number of hydrogen-bond donors (Lipinski definition) is 0. The highest BCUT2D eigenvalue weighted by Crippen LogP contribution is 2.32. The Balaban J connectivity index is 1.53. The lowest BCUT2D eigenvalue weighted by Crippen LogP contribution is -2.31. The number of benzene rings is 2. The summed E-state index contributed by atoms with van der Waals surface area (Å²) >= 11 is 3.39. The third-order valence-corrected chi connectivity index (χ3v) is 4.58. The molecule has 0 saturated carbocycles. The minimum atomic E-state index is -0.423. The van der Waals surface area contributed by atoms with Crippen LogP contribution in [-0.4, -0.2) is 24.8 Å². The molecule has 1 aliphatic rings. The van der Waals surface area contributed by atoms with Crippen molar-refractivity contribution in [2.24, 2.45) is 0 Å². The molecule has 0 fully saturated rings. The van der Waals surface area contributed by atoms with E-state index in [0.29, 0.717) is 18.7 Å². The standard InChI is InChI=1S/C19H18BrNO3/c1-13-5-4-6-16-17(13)21(19(23)18(16)22)11-2-3-12-24-15-9-7-14(20)8-10-15/h4-10H,2-3,11-12H2,1H3. The van der Waals surface area contributed by atoms with Crippen molar-refractivity contribution in [3.05, 3.63) is 58.1 Å². The molecule has 0 aromatic heterocycles. The van der Waals surface area contributed by atoms with Gasteiger partial charge < -0.3 is 9.64 Å². The van der Waals surface area contributed by atoms with Gasteiger partial charge in [0.15, 0.2) is 0 Å². The number of ether oxygens (including phenoxy) is 1. The average molecular weight is 388 g/mol. The first-order valence-corrected chi connectivity index (χ1v) is 8.71. The van der Waals surface area contributed by atoms with Crippen molar-refractivity contribution in [1.82, 2.24) is 0 Å². The zero-order chi connectivity index (χ0) is 17.1. The second-order valence-corrected chi connectivity index (χ2v) is 6.68. The molecule has 124 valence electrons. The lowest BCUT2D eigenvalue weighted by Gasteiger charge is -2.18. The number of amides is 1. The summed E-state index contributed by atoms with van der Waals surface area (Å²) in [7, 11) is 0. The van der Waals surface area contributed by atoms with Gasteiger partial charge in [-0.1, -0.05) is 28.1 Å². The van der Waals surface area contributed by atoms with Gasteiger partial charge in [0, 0.05) is 11.0 Å². The first kappa shape index (κ1) is 16.7. The van der Waals surface area contributed by atoms with Crippen LogP contribution in [0.1, 0.15) is 28.8 Å². The molecule has 1 heterocycles. The number of nitrogens with zero attached hydrogens (tertiary/aromatic N) is 1. The minimum Gasteiger partial charge on any atom is -0.494 e. The van der Waals surface area contributed by atoms with Crippen molar-refractivity contribution in [3.63, 3.8) is 0 Å². The van der Waals surface area contributed by atoms with Crippen LogP contribution in [0.25, 0.3) is 0 Å². The van der Waals surface area contributed by atoms with Crippen molar-refractivity contribution < 1.29 is 14.3 Å². The van der Waals surface area contributed by atoms with Crippen LogP contribution in [0, 0.1) is 6.92 Å².